The molecule has 0 saturated carbocycles. The quantitative estimate of drug-likeness (QED) is 0.922. The van der Waals surface area contributed by atoms with Crippen LogP contribution in [0, 0.1) is 0 Å². The van der Waals surface area contributed by atoms with Crippen molar-refractivity contribution in [3.05, 3.63) is 23.7 Å². The lowest BCUT2D eigenvalue weighted by Gasteiger charge is -2.19. The first-order valence-corrected chi connectivity index (χ1v) is 6.99. The van der Waals surface area contributed by atoms with Crippen LogP contribution in [0.1, 0.15) is 19.3 Å². The molecule has 7 nitrogen and oxygen atoms in total. The summed E-state index contributed by atoms with van der Waals surface area (Å²) in [6.45, 7) is 0. The van der Waals surface area contributed by atoms with Crippen LogP contribution in [0.5, 0.6) is 0 Å². The molecule has 3 unspecified atom stereocenters. The normalized spacial score (nSPS) is 27.9. The largest absolute Gasteiger partial charge is 0.373 e. The van der Waals surface area contributed by atoms with Gasteiger partial charge in [-0.05, 0) is 36.9 Å². The second kappa shape index (κ2) is 4.68. The number of halogens is 1. The summed E-state index contributed by atoms with van der Waals surface area (Å²) in [5.41, 5.74) is 0. The van der Waals surface area contributed by atoms with Crippen molar-refractivity contribution in [1.29, 1.82) is 0 Å². The third-order valence-electron chi connectivity index (χ3n) is 3.73. The van der Waals surface area contributed by atoms with Crippen molar-refractivity contribution in [2.24, 2.45) is 0 Å². The summed E-state index contributed by atoms with van der Waals surface area (Å²) >= 11 is 5.96. The molecule has 4 heterocycles. The van der Waals surface area contributed by atoms with E-state index in [0.29, 0.717) is 18.0 Å². The lowest BCUT2D eigenvalue weighted by atomic mass is 9.96. The van der Waals surface area contributed by atoms with Crippen molar-refractivity contribution in [3.8, 4) is 5.95 Å². The van der Waals surface area contributed by atoms with Crippen LogP contribution >= 0.6 is 11.6 Å². The summed E-state index contributed by atoms with van der Waals surface area (Å²) in [4.78, 5) is 12.5. The van der Waals surface area contributed by atoms with E-state index in [-0.39, 0.29) is 17.4 Å². The van der Waals surface area contributed by atoms with Gasteiger partial charge in [-0.15, -0.1) is 0 Å². The Morgan fingerprint density at radius 3 is 2.95 bits per heavy atom. The number of aromatic nitrogens is 5. The second-order valence-electron chi connectivity index (χ2n) is 5.04. The minimum atomic E-state index is 0.150. The average molecular weight is 293 g/mol. The topological polar surface area (TPSA) is 77.8 Å². The van der Waals surface area contributed by atoms with E-state index in [1.165, 1.54) is 0 Å². The van der Waals surface area contributed by atoms with E-state index in [1.54, 1.807) is 23.1 Å². The Bertz CT molecular complexity index is 618. The predicted molar refractivity (Wildman–Crippen MR) is 71.9 cm³/mol. The summed E-state index contributed by atoms with van der Waals surface area (Å²) in [7, 11) is 0. The van der Waals surface area contributed by atoms with E-state index < -0.39 is 0 Å². The summed E-state index contributed by atoms with van der Waals surface area (Å²) in [6, 6.07) is 2.05. The lowest BCUT2D eigenvalue weighted by Crippen LogP contribution is -2.31. The van der Waals surface area contributed by atoms with E-state index in [2.05, 4.69) is 25.4 Å². The number of ether oxygens (including phenoxy) is 1. The van der Waals surface area contributed by atoms with Crippen LogP contribution in [0.3, 0.4) is 0 Å². The number of anilines is 1. The monoisotopic (exact) mass is 292 g/mol. The van der Waals surface area contributed by atoms with Gasteiger partial charge in [0.15, 0.2) is 0 Å². The maximum absolute atomic E-state index is 5.96. The van der Waals surface area contributed by atoms with Crippen molar-refractivity contribution in [2.75, 3.05) is 5.32 Å². The molecule has 0 aromatic carbocycles. The Kier molecular flexibility index (Phi) is 2.82. The summed E-state index contributed by atoms with van der Waals surface area (Å²) in [6.07, 6.45) is 7.28. The first-order chi connectivity index (χ1) is 9.78. The van der Waals surface area contributed by atoms with E-state index in [1.807, 2.05) is 0 Å². The minimum absolute atomic E-state index is 0.150. The molecule has 2 fully saturated rings. The van der Waals surface area contributed by atoms with Gasteiger partial charge in [-0.3, -0.25) is 0 Å². The first-order valence-electron chi connectivity index (χ1n) is 6.61. The average Bonchev–Trinajstić information content (AvgIpc) is 3.16. The Morgan fingerprint density at radius 1 is 1.30 bits per heavy atom. The molecule has 0 spiro atoms. The highest BCUT2D eigenvalue weighted by molar-refractivity contribution is 6.28. The van der Waals surface area contributed by atoms with E-state index in [4.69, 9.17) is 16.3 Å². The molecule has 2 aromatic rings. The maximum Gasteiger partial charge on any atom is 0.256 e. The second-order valence-corrected chi connectivity index (χ2v) is 5.38. The Hall–Kier alpha value is -1.73. The molecule has 104 valence electrons. The highest BCUT2D eigenvalue weighted by Gasteiger charge is 2.41. The number of nitrogens with zero attached hydrogens (tertiary/aromatic N) is 5. The van der Waals surface area contributed by atoms with Crippen LogP contribution in [0.15, 0.2) is 18.5 Å². The van der Waals surface area contributed by atoms with Gasteiger partial charge < -0.3 is 10.1 Å². The van der Waals surface area contributed by atoms with Gasteiger partial charge in [0.2, 0.25) is 11.2 Å². The molecule has 0 radical (unpaired) electrons. The number of hydrogen-bond acceptors (Lipinski definition) is 6. The van der Waals surface area contributed by atoms with Crippen LogP contribution in [0.2, 0.25) is 5.28 Å². The molecule has 0 amide bonds. The van der Waals surface area contributed by atoms with E-state index in [0.717, 1.165) is 19.3 Å². The fourth-order valence-corrected chi connectivity index (χ4v) is 3.00. The molecule has 0 aliphatic carbocycles. The van der Waals surface area contributed by atoms with Gasteiger partial charge >= 0.3 is 0 Å². The van der Waals surface area contributed by atoms with Crippen LogP contribution < -0.4 is 5.32 Å². The zero-order valence-corrected chi connectivity index (χ0v) is 11.4. The van der Waals surface area contributed by atoms with Gasteiger partial charge in [0.05, 0.1) is 18.2 Å². The van der Waals surface area contributed by atoms with Crippen molar-refractivity contribution in [1.82, 2.24) is 24.7 Å². The summed E-state index contributed by atoms with van der Waals surface area (Å²) in [5.74, 6) is 0.873. The minimum Gasteiger partial charge on any atom is -0.373 e. The van der Waals surface area contributed by atoms with Gasteiger partial charge in [-0.25, -0.2) is 4.68 Å². The van der Waals surface area contributed by atoms with Crippen LogP contribution in [-0.2, 0) is 4.74 Å². The molecule has 2 aromatic heterocycles. The van der Waals surface area contributed by atoms with Crippen molar-refractivity contribution in [3.63, 3.8) is 0 Å². The van der Waals surface area contributed by atoms with Gasteiger partial charge in [0, 0.05) is 12.4 Å². The highest BCUT2D eigenvalue weighted by atomic mass is 35.5. The molecular weight excluding hydrogens is 280 g/mol. The molecule has 2 aliphatic heterocycles. The number of nitrogens with one attached hydrogen (secondary N) is 1. The zero-order chi connectivity index (χ0) is 13.5. The van der Waals surface area contributed by atoms with Crippen LogP contribution in [-0.4, -0.2) is 43.0 Å². The van der Waals surface area contributed by atoms with Crippen molar-refractivity contribution < 1.29 is 4.74 Å². The molecule has 3 atom stereocenters. The molecular formula is C12H13ClN6O. The highest BCUT2D eigenvalue weighted by Crippen LogP contribution is 2.35. The van der Waals surface area contributed by atoms with Crippen molar-refractivity contribution in [2.45, 2.75) is 37.5 Å². The van der Waals surface area contributed by atoms with Gasteiger partial charge in [0.1, 0.15) is 0 Å². The Morgan fingerprint density at radius 2 is 2.25 bits per heavy atom. The third-order valence-corrected chi connectivity index (χ3v) is 3.90. The number of rotatable bonds is 3. The molecule has 2 saturated heterocycles. The molecule has 1 N–H and O–H groups in total. The van der Waals surface area contributed by atoms with Gasteiger partial charge in [-0.2, -0.15) is 20.1 Å². The first kappa shape index (κ1) is 12.0. The Labute approximate surface area is 120 Å². The summed E-state index contributed by atoms with van der Waals surface area (Å²) < 4.78 is 7.36. The Balaban J connectivity index is 1.59. The van der Waals surface area contributed by atoms with Crippen molar-refractivity contribution >= 4 is 17.5 Å². The van der Waals surface area contributed by atoms with E-state index in [9.17, 15) is 0 Å². The standard InChI is InChI=1S/C12H13ClN6O/c13-10-16-11(15-8-6-7-2-3-9(8)20-7)18-12(17-10)19-5-1-4-14-19/h1,4-5,7-9H,2-3,6H2,(H,15,16,17,18). The maximum atomic E-state index is 5.96. The summed E-state index contributed by atoms with van der Waals surface area (Å²) in [5, 5.41) is 7.54. The molecule has 8 heteroatoms. The lowest BCUT2D eigenvalue weighted by molar-refractivity contribution is 0.102. The van der Waals surface area contributed by atoms with Gasteiger partial charge in [0.25, 0.3) is 5.95 Å². The fourth-order valence-electron chi connectivity index (χ4n) is 2.85. The molecule has 2 aliphatic rings. The molecule has 4 rings (SSSR count). The zero-order valence-electron chi connectivity index (χ0n) is 10.6. The molecule has 20 heavy (non-hydrogen) atoms. The molecule has 2 bridgehead atoms. The third kappa shape index (κ3) is 2.12. The number of hydrogen-bond donors (Lipinski definition) is 1. The smallest absolute Gasteiger partial charge is 0.256 e. The number of fused-ring (bicyclic) bond motifs is 2. The fraction of sp³-hybridized carbons (Fsp3) is 0.500. The SMILES string of the molecule is Clc1nc(NC2CC3CCC2O3)nc(-n2cccn2)n1. The van der Waals surface area contributed by atoms with Crippen LogP contribution in [0.4, 0.5) is 5.95 Å². The van der Waals surface area contributed by atoms with E-state index >= 15 is 0 Å². The van der Waals surface area contributed by atoms with Gasteiger partial charge in [-0.1, -0.05) is 0 Å². The van der Waals surface area contributed by atoms with Crippen LogP contribution in [0.25, 0.3) is 5.95 Å². The predicted octanol–water partition coefficient (Wildman–Crippen LogP) is 1.44.